The maximum Gasteiger partial charge on any atom is 0.342 e. The lowest BCUT2D eigenvalue weighted by Gasteiger charge is -2.20. The molecule has 0 fully saturated rings. The van der Waals surface area contributed by atoms with Crippen LogP contribution in [-0.4, -0.2) is 18.2 Å². The summed E-state index contributed by atoms with van der Waals surface area (Å²) in [7, 11) is 1.31. The normalized spacial score (nSPS) is 14.3. The van der Waals surface area contributed by atoms with Gasteiger partial charge in [0, 0.05) is 0 Å². The number of ether oxygens (including phenoxy) is 1. The summed E-state index contributed by atoms with van der Waals surface area (Å²) in [6.07, 6.45) is 3.83. The molecule has 0 bridgehead atoms. The van der Waals surface area contributed by atoms with E-state index in [-0.39, 0.29) is 17.0 Å². The van der Waals surface area contributed by atoms with Gasteiger partial charge in [-0.15, -0.1) is 0 Å². The monoisotopic (exact) mass is 221 g/mol. The first-order valence-corrected chi connectivity index (χ1v) is 5.36. The molecule has 1 aromatic carbocycles. The number of esters is 1. The van der Waals surface area contributed by atoms with Gasteiger partial charge in [-0.1, -0.05) is 0 Å². The minimum atomic E-state index is -0.511. The fourth-order valence-electron chi connectivity index (χ4n) is 2.24. The van der Waals surface area contributed by atoms with Gasteiger partial charge in [0.1, 0.15) is 5.56 Å². The molecule has 0 aromatic heterocycles. The number of anilines is 1. The molecular formula is C12H15NO3. The van der Waals surface area contributed by atoms with Crippen molar-refractivity contribution in [2.24, 2.45) is 0 Å². The van der Waals surface area contributed by atoms with E-state index >= 15 is 0 Å². The van der Waals surface area contributed by atoms with Crippen LogP contribution in [0, 0.1) is 0 Å². The Morgan fingerprint density at radius 1 is 1.44 bits per heavy atom. The van der Waals surface area contributed by atoms with Crippen LogP contribution < -0.4 is 5.73 Å². The Hall–Kier alpha value is -1.71. The Morgan fingerprint density at radius 3 is 2.81 bits per heavy atom. The van der Waals surface area contributed by atoms with Crippen LogP contribution in [0.5, 0.6) is 5.75 Å². The van der Waals surface area contributed by atoms with E-state index in [1.165, 1.54) is 7.11 Å². The molecule has 0 saturated heterocycles. The summed E-state index contributed by atoms with van der Waals surface area (Å²) in [5.74, 6) is -0.657. The Morgan fingerprint density at radius 2 is 2.12 bits per heavy atom. The quantitative estimate of drug-likeness (QED) is 0.429. The van der Waals surface area contributed by atoms with Crippen LogP contribution in [-0.2, 0) is 17.6 Å². The molecule has 3 N–H and O–H groups in total. The number of methoxy groups -OCH3 is 1. The van der Waals surface area contributed by atoms with Gasteiger partial charge in [0.15, 0.2) is 5.75 Å². The number of rotatable bonds is 1. The Bertz CT molecular complexity index is 440. The smallest absolute Gasteiger partial charge is 0.342 e. The van der Waals surface area contributed by atoms with Crippen molar-refractivity contribution in [1.29, 1.82) is 0 Å². The lowest BCUT2D eigenvalue weighted by molar-refractivity contribution is 0.0596. The van der Waals surface area contributed by atoms with Gasteiger partial charge < -0.3 is 15.6 Å². The molecule has 0 unspecified atom stereocenters. The highest BCUT2D eigenvalue weighted by Gasteiger charge is 2.24. The van der Waals surface area contributed by atoms with Crippen LogP contribution in [0.3, 0.4) is 0 Å². The standard InChI is InChI=1S/C12H15NO3/c1-16-12(15)10-8-5-3-2-4-7(8)6-9(13)11(10)14/h6,14H,2-5,13H2,1H3. The number of phenolic OH excluding ortho intramolecular Hbond substituents is 1. The molecule has 0 radical (unpaired) electrons. The van der Waals surface area contributed by atoms with E-state index in [9.17, 15) is 9.90 Å². The maximum atomic E-state index is 11.6. The van der Waals surface area contributed by atoms with E-state index in [0.717, 1.165) is 36.8 Å². The Labute approximate surface area is 94.0 Å². The van der Waals surface area contributed by atoms with Crippen molar-refractivity contribution < 1.29 is 14.6 Å². The zero-order chi connectivity index (χ0) is 11.7. The Kier molecular flexibility index (Phi) is 2.73. The average molecular weight is 221 g/mol. The second kappa shape index (κ2) is 4.04. The second-order valence-electron chi connectivity index (χ2n) is 4.03. The molecule has 1 aliphatic rings. The number of aromatic hydroxyl groups is 1. The molecule has 0 spiro atoms. The summed E-state index contributed by atoms with van der Waals surface area (Å²) in [5, 5.41) is 9.83. The molecule has 0 amide bonds. The topological polar surface area (TPSA) is 72.5 Å². The van der Waals surface area contributed by atoms with Crippen molar-refractivity contribution in [1.82, 2.24) is 0 Å². The molecule has 4 heteroatoms. The first-order chi connectivity index (χ1) is 7.65. The van der Waals surface area contributed by atoms with E-state index in [1.54, 1.807) is 6.07 Å². The van der Waals surface area contributed by atoms with E-state index in [1.807, 2.05) is 0 Å². The van der Waals surface area contributed by atoms with Gasteiger partial charge in [-0.05, 0) is 42.9 Å². The number of hydrogen-bond acceptors (Lipinski definition) is 4. The highest BCUT2D eigenvalue weighted by atomic mass is 16.5. The summed E-state index contributed by atoms with van der Waals surface area (Å²) >= 11 is 0. The lowest BCUT2D eigenvalue weighted by atomic mass is 9.87. The van der Waals surface area contributed by atoms with Crippen LogP contribution in [0.4, 0.5) is 5.69 Å². The second-order valence-corrected chi connectivity index (χ2v) is 4.03. The van der Waals surface area contributed by atoms with Crippen LogP contribution >= 0.6 is 0 Å². The predicted molar refractivity (Wildman–Crippen MR) is 60.5 cm³/mol. The molecule has 4 nitrogen and oxygen atoms in total. The van der Waals surface area contributed by atoms with Gasteiger partial charge in [-0.25, -0.2) is 4.79 Å². The number of hydrogen-bond donors (Lipinski definition) is 2. The first-order valence-electron chi connectivity index (χ1n) is 5.36. The zero-order valence-electron chi connectivity index (χ0n) is 9.25. The third-order valence-electron chi connectivity index (χ3n) is 3.04. The van der Waals surface area contributed by atoms with Crippen molar-refractivity contribution in [3.63, 3.8) is 0 Å². The number of nitrogen functional groups attached to an aromatic ring is 1. The highest BCUT2D eigenvalue weighted by molar-refractivity contribution is 5.96. The van der Waals surface area contributed by atoms with Crippen molar-refractivity contribution in [3.8, 4) is 5.75 Å². The molecular weight excluding hydrogens is 206 g/mol. The zero-order valence-corrected chi connectivity index (χ0v) is 9.25. The Balaban J connectivity index is 2.63. The van der Waals surface area contributed by atoms with E-state index < -0.39 is 5.97 Å². The van der Waals surface area contributed by atoms with Crippen molar-refractivity contribution >= 4 is 11.7 Å². The average Bonchev–Trinajstić information content (AvgIpc) is 2.30. The maximum absolute atomic E-state index is 11.6. The minimum Gasteiger partial charge on any atom is -0.505 e. The lowest BCUT2D eigenvalue weighted by Crippen LogP contribution is -2.13. The van der Waals surface area contributed by atoms with Gasteiger partial charge in [-0.3, -0.25) is 0 Å². The number of carbonyl (C=O) groups is 1. The van der Waals surface area contributed by atoms with Crippen molar-refractivity contribution in [3.05, 3.63) is 22.8 Å². The molecule has 1 aliphatic carbocycles. The van der Waals surface area contributed by atoms with E-state index in [2.05, 4.69) is 4.74 Å². The molecule has 0 atom stereocenters. The third kappa shape index (κ3) is 1.60. The van der Waals surface area contributed by atoms with Gasteiger partial charge in [0.2, 0.25) is 0 Å². The molecule has 0 heterocycles. The van der Waals surface area contributed by atoms with Crippen LogP contribution in [0.25, 0.3) is 0 Å². The third-order valence-corrected chi connectivity index (χ3v) is 3.04. The van der Waals surface area contributed by atoms with Crippen LogP contribution in [0.2, 0.25) is 0 Å². The number of phenols is 1. The number of fused-ring (bicyclic) bond motifs is 1. The molecule has 1 aromatic rings. The summed E-state index contributed by atoms with van der Waals surface area (Å²) in [6.45, 7) is 0. The number of carbonyl (C=O) groups excluding carboxylic acids is 1. The van der Waals surface area contributed by atoms with Gasteiger partial charge in [0.05, 0.1) is 12.8 Å². The van der Waals surface area contributed by atoms with Crippen molar-refractivity contribution in [2.45, 2.75) is 25.7 Å². The SMILES string of the molecule is COC(=O)c1c(O)c(N)cc2c1CCCC2. The molecule has 2 rings (SSSR count). The largest absolute Gasteiger partial charge is 0.505 e. The number of aryl methyl sites for hydroxylation is 1. The van der Waals surface area contributed by atoms with Crippen molar-refractivity contribution in [2.75, 3.05) is 12.8 Å². The first kappa shape index (κ1) is 10.8. The summed E-state index contributed by atoms with van der Waals surface area (Å²) in [6, 6.07) is 1.76. The number of benzene rings is 1. The summed E-state index contributed by atoms with van der Waals surface area (Å²) in [4.78, 5) is 11.6. The van der Waals surface area contributed by atoms with Gasteiger partial charge in [-0.2, -0.15) is 0 Å². The molecule has 0 aliphatic heterocycles. The van der Waals surface area contributed by atoms with E-state index in [0.29, 0.717) is 0 Å². The van der Waals surface area contributed by atoms with Crippen LogP contribution in [0.1, 0.15) is 34.3 Å². The fraction of sp³-hybridized carbons (Fsp3) is 0.417. The molecule has 86 valence electrons. The molecule has 16 heavy (non-hydrogen) atoms. The minimum absolute atomic E-state index is 0.146. The van der Waals surface area contributed by atoms with Gasteiger partial charge >= 0.3 is 5.97 Å². The number of nitrogens with two attached hydrogens (primary N) is 1. The van der Waals surface area contributed by atoms with Crippen LogP contribution in [0.15, 0.2) is 6.07 Å². The molecule has 0 saturated carbocycles. The predicted octanol–water partition coefficient (Wildman–Crippen LogP) is 1.64. The summed E-state index contributed by atoms with van der Waals surface area (Å²) in [5.41, 5.74) is 8.13. The highest BCUT2D eigenvalue weighted by Crippen LogP contribution is 2.35. The van der Waals surface area contributed by atoms with E-state index in [4.69, 9.17) is 5.73 Å². The summed E-state index contributed by atoms with van der Waals surface area (Å²) < 4.78 is 4.68. The van der Waals surface area contributed by atoms with Gasteiger partial charge in [0.25, 0.3) is 0 Å². The fourth-order valence-corrected chi connectivity index (χ4v) is 2.24.